The number of carbonyl (C=O) groups is 4. The smallest absolute Gasteiger partial charge is 0.741 e. The largest absolute Gasteiger partial charge is 2.00 e. The molecule has 4 aromatic heterocycles. The van der Waals surface area contributed by atoms with Gasteiger partial charge < -0.3 is 57.6 Å². The minimum absolute atomic E-state index is 0. The van der Waals surface area contributed by atoms with Crippen LogP contribution >= 0.6 is 31.7 Å². The van der Waals surface area contributed by atoms with Gasteiger partial charge in [-0.2, -0.15) is 52.7 Å². The van der Waals surface area contributed by atoms with Gasteiger partial charge in [0.1, 0.15) is 0 Å². The predicted octanol–water partition coefficient (Wildman–Crippen LogP) is 12.9. The SMILES string of the molecule is CO.CO.CO.CO.O=C(OCC#CCOC(=O)c1ccncc1)c1ccncc1.O=C(OCC#CCOC(=O)c1ccncc1)c1ccncc1.O=S(=O)([O-])C(F)(F)F.O=S(=O)([O-])C(F)(F)F.O=S(=O)([O-])C(F)(F)F.O=S(=O)([O-])C(F)(F)F.[Pd+2].[Pd+2].c1ccc(P(CCCP(c2ccccc2)c2ccccc2)c2ccccc2)cc1.c1ccc(P(CCCP(c2ccccc2)c2ccccc2)c2ccccc2)cc1. The molecule has 0 unspecified atom stereocenters. The van der Waals surface area contributed by atoms with Gasteiger partial charge in [-0.25, -0.2) is 52.8 Å². The van der Waals surface area contributed by atoms with Crippen LogP contribution in [0.5, 0.6) is 0 Å². The van der Waals surface area contributed by atoms with Gasteiger partial charge in [0.05, 0.1) is 22.3 Å². The average molecular weight is 2350 g/mol. The molecular formula is C94H92F12N4O24P4Pd2S4. The van der Waals surface area contributed by atoms with Crippen molar-refractivity contribution in [3.8, 4) is 23.7 Å². The van der Waals surface area contributed by atoms with Crippen LogP contribution in [0.2, 0.25) is 0 Å². The van der Waals surface area contributed by atoms with E-state index in [1.807, 2.05) is 0 Å². The van der Waals surface area contributed by atoms with Gasteiger partial charge in [-0.3, -0.25) is 19.9 Å². The van der Waals surface area contributed by atoms with Crippen LogP contribution in [0.15, 0.2) is 341 Å². The molecule has 0 saturated heterocycles. The maximum Gasteiger partial charge on any atom is 2.00 e. The molecule has 0 saturated carbocycles. The number of carbonyl (C=O) groups excluding carboxylic acids is 4. The minimum atomic E-state index is -6.09. The van der Waals surface area contributed by atoms with E-state index in [0.717, 1.165) is 28.4 Å². The molecule has 0 radical (unpaired) electrons. The Kier molecular flexibility index (Phi) is 69.4. The van der Waals surface area contributed by atoms with E-state index in [1.165, 1.54) is 130 Å². The standard InChI is InChI=1S/2C27H26P2.2C16H12N2O4.4CHF3O3S.4CH4O.2Pd/c2*1-5-14-24(15-6-1)28(25-16-7-2-8-17-25)22-13-23-29(26-18-9-3-10-19-26)27-20-11-4-12-21-27;2*19-15(13-3-7-17-8-4-13)21-11-1-2-12-22-16(20)14-5-9-18-10-6-14;4*2-1(3,4)8(5,6)7;4*1-2;;/h2*1-12,14-21H,13,22-23H2;2*3-10H,11-12H2;4*(H,5,6,7);4*2H,1H3;;/q;;;;;;;;;;;;2*+2/p-4. The topological polar surface area (TPSA) is 466 Å². The van der Waals surface area contributed by atoms with E-state index >= 15 is 0 Å². The molecule has 144 heavy (non-hydrogen) atoms. The summed E-state index contributed by atoms with van der Waals surface area (Å²) >= 11 is 0. The molecule has 12 rings (SSSR count). The predicted molar refractivity (Wildman–Crippen MR) is 514 cm³/mol. The first-order valence-corrected chi connectivity index (χ1v) is 51.7. The number of hydrogen-bond acceptors (Lipinski definition) is 28. The quantitative estimate of drug-likeness (QED) is 0.00638. The molecule has 0 fully saturated rings. The Morgan fingerprint density at radius 3 is 0.465 bits per heavy atom. The zero-order chi connectivity index (χ0) is 107. The van der Waals surface area contributed by atoms with Crippen molar-refractivity contribution in [1.29, 1.82) is 0 Å². The maximum atomic E-state index is 11.6. The second-order valence-electron chi connectivity index (χ2n) is 25.6. The third kappa shape index (κ3) is 55.9. The number of halogens is 12. The summed E-state index contributed by atoms with van der Waals surface area (Å²) in [7, 11) is -21.6. The fourth-order valence-corrected chi connectivity index (χ4v) is 20.1. The van der Waals surface area contributed by atoms with Crippen molar-refractivity contribution in [2.45, 2.75) is 34.9 Å². The third-order valence-corrected chi connectivity index (χ3v) is 28.9. The number of hydrogen-bond donors (Lipinski definition) is 4. The Morgan fingerprint density at radius 2 is 0.361 bits per heavy atom. The monoisotopic (exact) mass is 2350 g/mol. The molecule has 0 aliphatic heterocycles. The fraction of sp³-hybridized carbons (Fsp3) is 0.191. The maximum absolute atomic E-state index is 11.6. The van der Waals surface area contributed by atoms with Crippen LogP contribution in [0.3, 0.4) is 0 Å². The Balaban J connectivity index is 0. The van der Waals surface area contributed by atoms with Gasteiger partial charge in [0.15, 0.2) is 66.9 Å². The Morgan fingerprint density at radius 1 is 0.250 bits per heavy atom. The van der Waals surface area contributed by atoms with Gasteiger partial charge in [-0.05, 0) is 160 Å². The Labute approximate surface area is 857 Å². The van der Waals surface area contributed by atoms with Gasteiger partial charge in [-0.1, -0.05) is 266 Å². The van der Waals surface area contributed by atoms with Crippen LogP contribution in [0.4, 0.5) is 52.7 Å². The first-order valence-electron chi connectivity index (χ1n) is 40.0. The van der Waals surface area contributed by atoms with E-state index in [0.29, 0.717) is 22.3 Å². The normalized spacial score (nSPS) is 10.6. The van der Waals surface area contributed by atoms with E-state index in [9.17, 15) is 71.9 Å². The van der Waals surface area contributed by atoms with E-state index in [1.54, 1.807) is 48.5 Å². The van der Waals surface area contributed by atoms with Gasteiger partial charge in [0.25, 0.3) is 0 Å². The average Bonchev–Trinajstić information content (AvgIpc) is 0.837. The van der Waals surface area contributed by atoms with Crippen molar-refractivity contribution in [2.75, 3.05) is 79.5 Å². The zero-order valence-corrected chi connectivity index (χ0v) is 85.7. The summed E-state index contributed by atoms with van der Waals surface area (Å²) in [4.78, 5) is 61.5. The molecule has 4 heterocycles. The van der Waals surface area contributed by atoms with Gasteiger partial charge in [0, 0.05) is 78.0 Å². The van der Waals surface area contributed by atoms with Crippen molar-refractivity contribution >= 4 is 138 Å². The third-order valence-electron chi connectivity index (χ3n) is 16.2. The number of esters is 4. The number of pyridine rings is 4. The second kappa shape index (κ2) is 74.0. The number of rotatable bonds is 24. The van der Waals surface area contributed by atoms with E-state index in [2.05, 4.69) is 286 Å². The molecule has 8 aromatic carbocycles. The van der Waals surface area contributed by atoms with Crippen molar-refractivity contribution in [2.24, 2.45) is 0 Å². The number of ether oxygens (including phenoxy) is 4. The molecule has 0 aliphatic carbocycles. The number of aromatic nitrogens is 4. The molecule has 0 spiro atoms. The Hall–Kier alpha value is -11.0. The minimum Gasteiger partial charge on any atom is -0.741 e. The van der Waals surface area contributed by atoms with Crippen molar-refractivity contribution < 1.29 is 204 Å². The molecule has 0 atom stereocenters. The van der Waals surface area contributed by atoms with Crippen LogP contribution in [-0.2, 0) is 100 Å². The summed E-state index contributed by atoms with van der Waals surface area (Å²) < 4.78 is 255. The first-order chi connectivity index (χ1) is 67.4. The number of aliphatic hydroxyl groups excluding tert-OH is 4. The molecule has 12 aromatic rings. The summed E-state index contributed by atoms with van der Waals surface area (Å²) in [5.41, 5.74) is -21.0. The van der Waals surface area contributed by atoms with Gasteiger partial charge >= 0.3 is 86.8 Å². The molecule has 50 heteroatoms. The number of alkyl halides is 12. The number of benzene rings is 8. The fourth-order valence-electron chi connectivity index (χ4n) is 10.2. The molecule has 28 nitrogen and oxygen atoms in total. The summed E-state index contributed by atoms with van der Waals surface area (Å²) in [6, 6.07) is 101. The molecule has 780 valence electrons. The summed E-state index contributed by atoms with van der Waals surface area (Å²) in [6.07, 6.45) is 19.4. The molecule has 0 aliphatic rings. The van der Waals surface area contributed by atoms with Gasteiger partial charge in [-0.15, -0.1) is 0 Å². The van der Waals surface area contributed by atoms with Crippen LogP contribution in [-0.4, -0.2) is 218 Å². The molecule has 0 amide bonds. The van der Waals surface area contributed by atoms with Crippen molar-refractivity contribution in [3.63, 3.8) is 0 Å². The van der Waals surface area contributed by atoms with Crippen LogP contribution in [0.1, 0.15) is 54.3 Å². The van der Waals surface area contributed by atoms with Crippen molar-refractivity contribution in [3.05, 3.63) is 363 Å². The Bertz CT molecular complexity index is 5260. The van der Waals surface area contributed by atoms with Crippen LogP contribution in [0, 0.1) is 23.7 Å². The summed E-state index contributed by atoms with van der Waals surface area (Å²) in [5.74, 6) is 8.45. The number of nitrogens with zero attached hydrogens (tertiary/aromatic N) is 4. The zero-order valence-electron chi connectivity index (χ0n) is 75.7. The molecular weight excluding hydrogens is 2260 g/mol. The van der Waals surface area contributed by atoms with Crippen molar-refractivity contribution in [1.82, 2.24) is 19.9 Å². The summed E-state index contributed by atoms with van der Waals surface area (Å²) in [5, 5.41) is 39.9. The van der Waals surface area contributed by atoms with E-state index in [-0.39, 0.29) is 99.0 Å². The molecule has 0 bridgehead atoms. The second-order valence-corrected chi connectivity index (χ2v) is 40.4. The summed E-state index contributed by atoms with van der Waals surface area (Å²) in [6.45, 7) is -0.302. The van der Waals surface area contributed by atoms with Crippen LogP contribution < -0.4 is 42.4 Å². The first kappa shape index (κ1) is 135. The number of aliphatic hydroxyl groups is 4. The van der Waals surface area contributed by atoms with E-state index < -0.39 is 86.4 Å². The molecule has 4 N–H and O–H groups in total. The van der Waals surface area contributed by atoms with Crippen LogP contribution in [0.25, 0.3) is 0 Å². The van der Waals surface area contributed by atoms with Gasteiger partial charge in [0.2, 0.25) is 0 Å². The van der Waals surface area contributed by atoms with E-state index in [4.69, 9.17) is 91.3 Å².